The summed E-state index contributed by atoms with van der Waals surface area (Å²) in [7, 11) is 0. The minimum absolute atomic E-state index is 0.0183. The van der Waals surface area contributed by atoms with Crippen LogP contribution in [0, 0.1) is 19.8 Å². The highest BCUT2D eigenvalue weighted by Crippen LogP contribution is 2.26. The lowest BCUT2D eigenvalue weighted by molar-refractivity contribution is -0.141. The van der Waals surface area contributed by atoms with Crippen molar-refractivity contribution in [1.29, 1.82) is 0 Å². The molecule has 102 valence electrons. The quantitative estimate of drug-likeness (QED) is 0.877. The SMILES string of the molecule is Cc1ccc(C(=O)N[C@@H]2CC[C@H](C(=O)O)C2)cc1C. The van der Waals surface area contributed by atoms with Crippen LogP contribution in [0.1, 0.15) is 40.7 Å². The lowest BCUT2D eigenvalue weighted by atomic mass is 10.1. The smallest absolute Gasteiger partial charge is 0.306 e. The van der Waals surface area contributed by atoms with E-state index in [4.69, 9.17) is 5.11 Å². The molecule has 0 heterocycles. The fourth-order valence-corrected chi connectivity index (χ4v) is 2.49. The molecule has 4 nitrogen and oxygen atoms in total. The van der Waals surface area contributed by atoms with Gasteiger partial charge in [0.05, 0.1) is 5.92 Å². The topological polar surface area (TPSA) is 66.4 Å². The van der Waals surface area contributed by atoms with Crippen LogP contribution >= 0.6 is 0 Å². The number of aryl methyl sites for hydroxylation is 2. The number of rotatable bonds is 3. The first-order chi connectivity index (χ1) is 8.97. The largest absolute Gasteiger partial charge is 0.481 e. The van der Waals surface area contributed by atoms with Crippen molar-refractivity contribution in [3.63, 3.8) is 0 Å². The van der Waals surface area contributed by atoms with Crippen LogP contribution in [0.25, 0.3) is 0 Å². The first kappa shape index (κ1) is 13.6. The number of aliphatic carboxylic acids is 1. The lowest BCUT2D eigenvalue weighted by Crippen LogP contribution is -2.33. The molecule has 1 amide bonds. The molecule has 4 heteroatoms. The van der Waals surface area contributed by atoms with E-state index < -0.39 is 5.97 Å². The van der Waals surface area contributed by atoms with Crippen LogP contribution in [0.3, 0.4) is 0 Å². The third-order valence-corrected chi connectivity index (χ3v) is 3.89. The van der Waals surface area contributed by atoms with Gasteiger partial charge in [-0.3, -0.25) is 9.59 Å². The van der Waals surface area contributed by atoms with Gasteiger partial charge in [0, 0.05) is 11.6 Å². The molecule has 2 N–H and O–H groups in total. The summed E-state index contributed by atoms with van der Waals surface area (Å²) in [5.74, 6) is -1.19. The van der Waals surface area contributed by atoms with E-state index >= 15 is 0 Å². The molecule has 19 heavy (non-hydrogen) atoms. The van der Waals surface area contributed by atoms with Crippen LogP contribution in [0.15, 0.2) is 18.2 Å². The second kappa shape index (κ2) is 5.43. The number of nitrogens with one attached hydrogen (secondary N) is 1. The summed E-state index contributed by atoms with van der Waals surface area (Å²) in [5.41, 5.74) is 2.88. The van der Waals surface area contributed by atoms with Crippen molar-refractivity contribution in [2.75, 3.05) is 0 Å². The van der Waals surface area contributed by atoms with Gasteiger partial charge in [-0.2, -0.15) is 0 Å². The molecule has 0 spiro atoms. The number of hydrogen-bond donors (Lipinski definition) is 2. The Kier molecular flexibility index (Phi) is 3.88. The van der Waals surface area contributed by atoms with E-state index in [2.05, 4.69) is 5.32 Å². The van der Waals surface area contributed by atoms with Crippen LogP contribution in [0.4, 0.5) is 0 Å². The van der Waals surface area contributed by atoms with Gasteiger partial charge in [-0.05, 0) is 56.4 Å². The first-order valence-corrected chi connectivity index (χ1v) is 6.58. The number of carboxylic acid groups (broad SMARTS) is 1. The van der Waals surface area contributed by atoms with E-state index in [1.807, 2.05) is 26.0 Å². The number of benzene rings is 1. The summed E-state index contributed by atoms with van der Waals surface area (Å²) in [6.45, 7) is 3.98. The highest BCUT2D eigenvalue weighted by molar-refractivity contribution is 5.94. The average Bonchev–Trinajstić information content (AvgIpc) is 2.81. The molecule has 0 aliphatic heterocycles. The summed E-state index contributed by atoms with van der Waals surface area (Å²) >= 11 is 0. The van der Waals surface area contributed by atoms with Gasteiger partial charge >= 0.3 is 5.97 Å². The van der Waals surface area contributed by atoms with Crippen LogP contribution in [0.2, 0.25) is 0 Å². The molecule has 0 bridgehead atoms. The molecule has 1 saturated carbocycles. The van der Waals surface area contributed by atoms with Crippen LogP contribution in [-0.2, 0) is 4.79 Å². The molecule has 1 fully saturated rings. The van der Waals surface area contributed by atoms with Gasteiger partial charge in [0.2, 0.25) is 0 Å². The number of hydrogen-bond acceptors (Lipinski definition) is 2. The highest BCUT2D eigenvalue weighted by Gasteiger charge is 2.30. The molecule has 0 saturated heterocycles. The Labute approximate surface area is 112 Å². The Morgan fingerprint density at radius 2 is 1.95 bits per heavy atom. The van der Waals surface area contributed by atoms with Crippen LogP contribution in [0.5, 0.6) is 0 Å². The highest BCUT2D eigenvalue weighted by atomic mass is 16.4. The summed E-state index contributed by atoms with van der Waals surface area (Å²) in [6.07, 6.45) is 1.92. The summed E-state index contributed by atoms with van der Waals surface area (Å²) in [4.78, 5) is 23.0. The standard InChI is InChI=1S/C15H19NO3/c1-9-3-4-11(7-10(9)2)14(17)16-13-6-5-12(8-13)15(18)19/h3-4,7,12-13H,5-6,8H2,1-2H3,(H,16,17)(H,18,19)/t12-,13+/m0/s1. The molecule has 2 rings (SSSR count). The molecule has 0 unspecified atom stereocenters. The Morgan fingerprint density at radius 3 is 2.53 bits per heavy atom. The zero-order valence-electron chi connectivity index (χ0n) is 11.3. The van der Waals surface area contributed by atoms with Crippen molar-refractivity contribution in [1.82, 2.24) is 5.32 Å². The van der Waals surface area contributed by atoms with Crippen molar-refractivity contribution in [3.05, 3.63) is 34.9 Å². The van der Waals surface area contributed by atoms with Gasteiger partial charge in [-0.15, -0.1) is 0 Å². The Morgan fingerprint density at radius 1 is 1.21 bits per heavy atom. The fraction of sp³-hybridized carbons (Fsp3) is 0.467. The van der Waals surface area contributed by atoms with E-state index in [1.165, 1.54) is 0 Å². The van der Waals surface area contributed by atoms with Gasteiger partial charge in [0.1, 0.15) is 0 Å². The molecule has 0 radical (unpaired) electrons. The lowest BCUT2D eigenvalue weighted by Gasteiger charge is -2.13. The maximum Gasteiger partial charge on any atom is 0.306 e. The van der Waals surface area contributed by atoms with Crippen molar-refractivity contribution in [2.45, 2.75) is 39.2 Å². The summed E-state index contributed by atoms with van der Waals surface area (Å²) in [5, 5.41) is 11.9. The van der Waals surface area contributed by atoms with Gasteiger partial charge < -0.3 is 10.4 Å². The molecular weight excluding hydrogens is 242 g/mol. The maximum atomic E-state index is 12.1. The summed E-state index contributed by atoms with van der Waals surface area (Å²) < 4.78 is 0. The van der Waals surface area contributed by atoms with Crippen molar-refractivity contribution < 1.29 is 14.7 Å². The zero-order valence-corrected chi connectivity index (χ0v) is 11.3. The van der Waals surface area contributed by atoms with Crippen molar-refractivity contribution in [2.24, 2.45) is 5.92 Å². The number of carbonyl (C=O) groups excluding carboxylic acids is 1. The normalized spacial score (nSPS) is 22.2. The van der Waals surface area contributed by atoms with E-state index in [-0.39, 0.29) is 17.9 Å². The fourth-order valence-electron chi connectivity index (χ4n) is 2.49. The minimum Gasteiger partial charge on any atom is -0.481 e. The van der Waals surface area contributed by atoms with E-state index in [1.54, 1.807) is 6.07 Å². The van der Waals surface area contributed by atoms with E-state index in [0.29, 0.717) is 18.4 Å². The third-order valence-electron chi connectivity index (χ3n) is 3.89. The number of carboxylic acids is 1. The second-order valence-electron chi connectivity index (χ2n) is 5.32. The van der Waals surface area contributed by atoms with E-state index in [0.717, 1.165) is 17.5 Å². The molecule has 1 aromatic rings. The molecule has 0 aromatic heterocycles. The zero-order chi connectivity index (χ0) is 14.0. The molecule has 1 aromatic carbocycles. The Hall–Kier alpha value is -1.84. The predicted octanol–water partition coefficient (Wildman–Crippen LogP) is 2.29. The summed E-state index contributed by atoms with van der Waals surface area (Å²) in [6, 6.07) is 5.59. The number of carbonyl (C=O) groups is 2. The Balaban J connectivity index is 1.98. The van der Waals surface area contributed by atoms with Crippen LogP contribution in [-0.4, -0.2) is 23.0 Å². The minimum atomic E-state index is -0.761. The van der Waals surface area contributed by atoms with Crippen LogP contribution < -0.4 is 5.32 Å². The molecule has 2 atom stereocenters. The molecule has 1 aliphatic carbocycles. The average molecular weight is 261 g/mol. The van der Waals surface area contributed by atoms with Gasteiger partial charge in [0.25, 0.3) is 5.91 Å². The van der Waals surface area contributed by atoms with Crippen molar-refractivity contribution >= 4 is 11.9 Å². The first-order valence-electron chi connectivity index (χ1n) is 6.58. The number of amides is 1. The van der Waals surface area contributed by atoms with Crippen molar-refractivity contribution in [3.8, 4) is 0 Å². The van der Waals surface area contributed by atoms with Gasteiger partial charge in [-0.25, -0.2) is 0 Å². The Bertz CT molecular complexity index is 510. The monoisotopic (exact) mass is 261 g/mol. The third kappa shape index (κ3) is 3.13. The predicted molar refractivity (Wildman–Crippen MR) is 72.1 cm³/mol. The maximum absolute atomic E-state index is 12.1. The second-order valence-corrected chi connectivity index (χ2v) is 5.32. The van der Waals surface area contributed by atoms with E-state index in [9.17, 15) is 9.59 Å². The molecular formula is C15H19NO3. The van der Waals surface area contributed by atoms with Gasteiger partial charge in [0.15, 0.2) is 0 Å². The molecule has 1 aliphatic rings. The van der Waals surface area contributed by atoms with Gasteiger partial charge in [-0.1, -0.05) is 6.07 Å².